The zero-order valence-corrected chi connectivity index (χ0v) is 17.6. The summed E-state index contributed by atoms with van der Waals surface area (Å²) in [6.45, 7) is 20.4. The number of nitriles is 1. The Labute approximate surface area is 144 Å². The van der Waals surface area contributed by atoms with E-state index < -0.39 is 8.32 Å². The van der Waals surface area contributed by atoms with Gasteiger partial charge in [-0.1, -0.05) is 20.8 Å². The second-order valence-corrected chi connectivity index (χ2v) is 14.1. The van der Waals surface area contributed by atoms with E-state index in [2.05, 4.69) is 72.5 Å². The van der Waals surface area contributed by atoms with Crippen LogP contribution in [0.15, 0.2) is 0 Å². The van der Waals surface area contributed by atoms with E-state index in [0.717, 1.165) is 6.42 Å². The molecule has 0 spiro atoms. The van der Waals surface area contributed by atoms with Gasteiger partial charge in [-0.25, -0.2) is 0 Å². The van der Waals surface area contributed by atoms with Crippen LogP contribution in [-0.2, 0) is 9.16 Å². The normalized spacial score (nSPS) is 27.2. The van der Waals surface area contributed by atoms with Crippen LogP contribution in [0.4, 0.5) is 0 Å². The molecule has 1 rings (SSSR count). The van der Waals surface area contributed by atoms with Crippen molar-refractivity contribution in [1.82, 2.24) is 4.90 Å². The smallest absolute Gasteiger partial charge is 0.192 e. The zero-order chi connectivity index (χ0) is 18.1. The van der Waals surface area contributed by atoms with Crippen molar-refractivity contribution < 1.29 is 9.16 Å². The summed E-state index contributed by atoms with van der Waals surface area (Å²) in [6.07, 6.45) is 1.65. The first-order valence-corrected chi connectivity index (χ1v) is 11.6. The molecule has 1 saturated heterocycles. The Morgan fingerprint density at radius 1 is 1.17 bits per heavy atom. The molecule has 1 fully saturated rings. The van der Waals surface area contributed by atoms with Crippen LogP contribution in [0, 0.1) is 11.3 Å². The van der Waals surface area contributed by atoms with Crippen molar-refractivity contribution in [1.29, 1.82) is 5.26 Å². The molecule has 1 heterocycles. The molecule has 0 saturated carbocycles. The Balaban J connectivity index is 2.83. The van der Waals surface area contributed by atoms with Crippen LogP contribution < -0.4 is 0 Å². The first-order chi connectivity index (χ1) is 10.3. The third-order valence-corrected chi connectivity index (χ3v) is 9.76. The van der Waals surface area contributed by atoms with Crippen LogP contribution in [0.5, 0.6) is 0 Å². The van der Waals surface area contributed by atoms with Crippen LogP contribution in [0.25, 0.3) is 0 Å². The van der Waals surface area contributed by atoms with E-state index in [1.54, 1.807) is 0 Å². The average Bonchev–Trinajstić information content (AvgIpc) is 2.61. The highest BCUT2D eigenvalue weighted by Crippen LogP contribution is 2.40. The minimum atomic E-state index is -1.80. The quantitative estimate of drug-likeness (QED) is 0.690. The number of likely N-dealkylation sites (tertiary alicyclic amines) is 1. The molecular weight excluding hydrogens is 304 g/mol. The van der Waals surface area contributed by atoms with Crippen LogP contribution in [0.1, 0.15) is 61.3 Å². The number of hydrogen-bond donors (Lipinski definition) is 0. The Hall–Kier alpha value is -0.413. The van der Waals surface area contributed by atoms with Gasteiger partial charge in [0.05, 0.1) is 24.2 Å². The summed E-state index contributed by atoms with van der Waals surface area (Å²) in [4.78, 5) is 2.31. The Bertz CT molecular complexity index is 432. The summed E-state index contributed by atoms with van der Waals surface area (Å²) in [6, 6.07) is 2.84. The Morgan fingerprint density at radius 3 is 2.17 bits per heavy atom. The first kappa shape index (κ1) is 20.6. The fraction of sp³-hybridized carbons (Fsp3) is 0.944. The lowest BCUT2D eigenvalue weighted by molar-refractivity contribution is -0.0799. The molecule has 0 amide bonds. The van der Waals surface area contributed by atoms with Gasteiger partial charge in [-0.3, -0.25) is 4.90 Å². The highest BCUT2D eigenvalue weighted by molar-refractivity contribution is 6.74. The summed E-state index contributed by atoms with van der Waals surface area (Å²) in [5.41, 5.74) is -0.171. The SMILES string of the molecule is C[C@@H]1[C@H](O[Si](C)(C)C(C)(C)C)C[C@@H](CC#N)N1COC(C)(C)C. The molecule has 0 aromatic heterocycles. The maximum atomic E-state index is 9.16. The van der Waals surface area contributed by atoms with E-state index in [-0.39, 0.29) is 28.8 Å². The lowest BCUT2D eigenvalue weighted by Gasteiger charge is -2.40. The van der Waals surface area contributed by atoms with E-state index in [4.69, 9.17) is 14.4 Å². The van der Waals surface area contributed by atoms with E-state index >= 15 is 0 Å². The Kier molecular flexibility index (Phi) is 6.48. The maximum Gasteiger partial charge on any atom is 0.192 e. The molecule has 1 aliphatic rings. The molecule has 134 valence electrons. The second kappa shape index (κ2) is 7.22. The molecule has 5 heteroatoms. The molecule has 0 unspecified atom stereocenters. The van der Waals surface area contributed by atoms with Crippen LogP contribution in [0.2, 0.25) is 18.1 Å². The summed E-state index contributed by atoms with van der Waals surface area (Å²) in [7, 11) is -1.80. The molecule has 0 bridgehead atoms. The minimum absolute atomic E-state index is 0.171. The van der Waals surface area contributed by atoms with Gasteiger partial charge in [0.25, 0.3) is 0 Å². The van der Waals surface area contributed by atoms with Gasteiger partial charge in [-0.2, -0.15) is 5.26 Å². The summed E-state index contributed by atoms with van der Waals surface area (Å²) < 4.78 is 12.6. The van der Waals surface area contributed by atoms with Crippen molar-refractivity contribution in [2.45, 2.75) is 103 Å². The predicted molar refractivity (Wildman–Crippen MR) is 97.7 cm³/mol. The highest BCUT2D eigenvalue weighted by atomic mass is 28.4. The van der Waals surface area contributed by atoms with Crippen LogP contribution in [0.3, 0.4) is 0 Å². The van der Waals surface area contributed by atoms with Crippen molar-refractivity contribution in [3.8, 4) is 6.07 Å². The molecule has 4 nitrogen and oxygen atoms in total. The van der Waals surface area contributed by atoms with E-state index in [9.17, 15) is 0 Å². The van der Waals surface area contributed by atoms with E-state index in [1.807, 2.05) is 0 Å². The first-order valence-electron chi connectivity index (χ1n) is 8.73. The van der Waals surface area contributed by atoms with E-state index in [0.29, 0.717) is 13.2 Å². The lowest BCUT2D eigenvalue weighted by atomic mass is 10.1. The van der Waals surface area contributed by atoms with Gasteiger partial charge < -0.3 is 9.16 Å². The number of hydrogen-bond acceptors (Lipinski definition) is 4. The van der Waals surface area contributed by atoms with Crippen LogP contribution >= 0.6 is 0 Å². The van der Waals surface area contributed by atoms with Crippen molar-refractivity contribution in [3.05, 3.63) is 0 Å². The van der Waals surface area contributed by atoms with Crippen LogP contribution in [-0.4, -0.2) is 43.7 Å². The molecule has 0 aliphatic carbocycles. The van der Waals surface area contributed by atoms with E-state index in [1.165, 1.54) is 0 Å². The van der Waals surface area contributed by atoms with Crippen molar-refractivity contribution in [2.75, 3.05) is 6.73 Å². The standard InChI is InChI=1S/C18H36N2O2Si/c1-14-16(22-23(8,9)18(5,6)7)12-15(10-11-19)20(14)13-21-17(2,3)4/h14-16H,10,12-13H2,1-9H3/t14-,15-,16-/m1/s1. The molecular formula is C18H36N2O2Si. The number of rotatable bonds is 5. The van der Waals surface area contributed by atoms with Crippen molar-refractivity contribution in [3.63, 3.8) is 0 Å². The topological polar surface area (TPSA) is 45.5 Å². The fourth-order valence-electron chi connectivity index (χ4n) is 2.65. The lowest BCUT2D eigenvalue weighted by Crippen LogP contribution is -2.47. The van der Waals surface area contributed by atoms with Gasteiger partial charge in [0.2, 0.25) is 0 Å². The highest BCUT2D eigenvalue weighted by Gasteiger charge is 2.45. The molecule has 1 aliphatic heterocycles. The summed E-state index contributed by atoms with van der Waals surface area (Å²) in [5, 5.41) is 9.36. The fourth-order valence-corrected chi connectivity index (χ4v) is 4.05. The molecule has 0 aromatic carbocycles. The molecule has 23 heavy (non-hydrogen) atoms. The second-order valence-electron chi connectivity index (χ2n) is 9.31. The number of ether oxygens (including phenoxy) is 1. The number of nitrogens with zero attached hydrogens (tertiary/aromatic N) is 2. The Morgan fingerprint density at radius 2 is 1.74 bits per heavy atom. The zero-order valence-electron chi connectivity index (χ0n) is 16.6. The molecule has 0 N–H and O–H groups in total. The van der Waals surface area contributed by atoms with Crippen molar-refractivity contribution >= 4 is 8.32 Å². The van der Waals surface area contributed by atoms with Gasteiger partial charge in [-0.05, 0) is 52.2 Å². The van der Waals surface area contributed by atoms with Gasteiger partial charge in [0, 0.05) is 12.1 Å². The van der Waals surface area contributed by atoms with Gasteiger partial charge >= 0.3 is 0 Å². The van der Waals surface area contributed by atoms with Gasteiger partial charge in [0.15, 0.2) is 8.32 Å². The maximum absolute atomic E-state index is 9.16. The third kappa shape index (κ3) is 5.56. The summed E-state index contributed by atoms with van der Waals surface area (Å²) in [5.74, 6) is 0. The van der Waals surface area contributed by atoms with Gasteiger partial charge in [-0.15, -0.1) is 0 Å². The largest absolute Gasteiger partial charge is 0.412 e. The molecule has 3 atom stereocenters. The predicted octanol–water partition coefficient (Wildman–Crippen LogP) is 4.53. The molecule has 0 radical (unpaired) electrons. The minimum Gasteiger partial charge on any atom is -0.412 e. The average molecular weight is 341 g/mol. The van der Waals surface area contributed by atoms with Gasteiger partial charge in [0.1, 0.15) is 6.73 Å². The third-order valence-electron chi connectivity index (χ3n) is 5.26. The summed E-state index contributed by atoms with van der Waals surface area (Å²) >= 11 is 0. The van der Waals surface area contributed by atoms with Crippen molar-refractivity contribution in [2.24, 2.45) is 0 Å². The molecule has 0 aromatic rings. The monoisotopic (exact) mass is 340 g/mol.